The second-order valence-electron chi connectivity index (χ2n) is 24.7. The van der Waals surface area contributed by atoms with Crippen LogP contribution in [0.2, 0.25) is 0 Å². The number of carbonyl (C=O) groups is 7. The molecule has 7 amide bonds. The molecular formula is C58H103N7O10S. The van der Waals surface area contributed by atoms with Gasteiger partial charge in [0.05, 0.1) is 11.7 Å². The molecule has 4 bridgehead atoms. The molecule has 4 aliphatic rings. The normalized spacial score (nSPS) is 21.9. The fourth-order valence-electron chi connectivity index (χ4n) is 11.9. The molecule has 0 aromatic rings. The van der Waals surface area contributed by atoms with Gasteiger partial charge in [0.25, 0.3) is 0 Å². The van der Waals surface area contributed by atoms with Crippen LogP contribution in [0.25, 0.3) is 0 Å². The number of ether oxygens (including phenoxy) is 1. The summed E-state index contributed by atoms with van der Waals surface area (Å²) >= 11 is 0. The van der Waals surface area contributed by atoms with E-state index in [1.54, 1.807) is 6.92 Å². The summed E-state index contributed by atoms with van der Waals surface area (Å²) in [5.74, 6) is 0.286. The molecule has 0 saturated heterocycles. The standard InChI is InChI=1S/C58H103N7O10S/c1-12-40(5)51(54(70)64-52(41(6)13-2)55(71)65-53(42(7)75-57(8,9)10)56(72)62-46(31-39(3)4)26-30-76(11,73)74)63-49(68)25-19-16-21-28-60-47(66)23-17-14-20-27-59-48(67)24-18-15-22-29-61-50(69)38-58-35-43-32-44(36-58)34-45(33-43)37-58/h26,30,39-46,51-53H,12-25,27-29,31-38H2,1-11H3,(H,59,67)(H,60,66)(H,61,69)(H,62,72)(H,63,68)(H,64,70)(H,65,71)/b30-26+/t40-,41-,42+,43?,44?,45?,46+,51-,52-,53-,58?/m0/s1. The van der Waals surface area contributed by atoms with Crippen molar-refractivity contribution in [2.75, 3.05) is 25.9 Å². The lowest BCUT2D eigenvalue weighted by Crippen LogP contribution is -2.62. The van der Waals surface area contributed by atoms with Crippen molar-refractivity contribution in [3.63, 3.8) is 0 Å². The van der Waals surface area contributed by atoms with Crippen molar-refractivity contribution in [3.05, 3.63) is 11.5 Å². The molecule has 0 unspecified atom stereocenters. The smallest absolute Gasteiger partial charge is 0.245 e. The first-order valence-electron chi connectivity index (χ1n) is 29.3. The van der Waals surface area contributed by atoms with E-state index in [0.717, 1.165) is 67.9 Å². The van der Waals surface area contributed by atoms with E-state index in [4.69, 9.17) is 4.74 Å². The van der Waals surface area contributed by atoms with Gasteiger partial charge in [-0.1, -0.05) is 79.7 Å². The van der Waals surface area contributed by atoms with Gasteiger partial charge in [-0.25, -0.2) is 8.42 Å². The third-order valence-electron chi connectivity index (χ3n) is 15.7. The average Bonchev–Trinajstić information content (AvgIpc) is 3.31. The lowest BCUT2D eigenvalue weighted by atomic mass is 9.49. The first-order chi connectivity index (χ1) is 35.7. The van der Waals surface area contributed by atoms with Gasteiger partial charge < -0.3 is 42.0 Å². The van der Waals surface area contributed by atoms with E-state index >= 15 is 0 Å². The minimum Gasteiger partial charge on any atom is -0.370 e. The van der Waals surface area contributed by atoms with Crippen molar-refractivity contribution >= 4 is 51.2 Å². The highest BCUT2D eigenvalue weighted by molar-refractivity contribution is 7.93. The number of hydrogen-bond acceptors (Lipinski definition) is 10. The third kappa shape index (κ3) is 25.6. The zero-order valence-electron chi connectivity index (χ0n) is 48.7. The van der Waals surface area contributed by atoms with Crippen LogP contribution in [0.1, 0.15) is 210 Å². The minimum absolute atomic E-state index is 0.0290. The molecule has 76 heavy (non-hydrogen) atoms. The molecule has 17 nitrogen and oxygen atoms in total. The number of amides is 7. The van der Waals surface area contributed by atoms with Crippen molar-refractivity contribution in [2.24, 2.45) is 40.9 Å². The number of sulfone groups is 1. The monoisotopic (exact) mass is 1090 g/mol. The van der Waals surface area contributed by atoms with E-state index in [0.29, 0.717) is 77.4 Å². The number of rotatable bonds is 37. The molecule has 7 N–H and O–H groups in total. The van der Waals surface area contributed by atoms with Gasteiger partial charge in [-0.3, -0.25) is 33.6 Å². The summed E-state index contributed by atoms with van der Waals surface area (Å²) < 4.78 is 30.0. The fourth-order valence-corrected chi connectivity index (χ4v) is 12.4. The van der Waals surface area contributed by atoms with Crippen molar-refractivity contribution in [2.45, 2.75) is 246 Å². The minimum atomic E-state index is -3.47. The van der Waals surface area contributed by atoms with E-state index in [-0.39, 0.29) is 53.2 Å². The molecule has 7 atom stereocenters. The maximum absolute atomic E-state index is 14.2. The highest BCUT2D eigenvalue weighted by Crippen LogP contribution is 2.61. The molecule has 0 radical (unpaired) electrons. The van der Waals surface area contributed by atoms with Crippen molar-refractivity contribution in [1.82, 2.24) is 37.2 Å². The van der Waals surface area contributed by atoms with E-state index in [1.165, 1.54) is 44.6 Å². The summed E-state index contributed by atoms with van der Waals surface area (Å²) in [6.45, 7) is 20.3. The summed E-state index contributed by atoms with van der Waals surface area (Å²) in [5, 5.41) is 21.7. The van der Waals surface area contributed by atoms with Crippen LogP contribution in [0.4, 0.5) is 0 Å². The Bertz CT molecular complexity index is 1970. The van der Waals surface area contributed by atoms with Crippen LogP contribution in [0.15, 0.2) is 11.5 Å². The summed E-state index contributed by atoms with van der Waals surface area (Å²) in [5.41, 5.74) is -0.417. The van der Waals surface area contributed by atoms with Gasteiger partial charge in [0, 0.05) is 63.0 Å². The van der Waals surface area contributed by atoms with Crippen molar-refractivity contribution in [1.29, 1.82) is 0 Å². The first kappa shape index (κ1) is 66.2. The molecule has 436 valence electrons. The molecule has 18 heteroatoms. The largest absolute Gasteiger partial charge is 0.370 e. The Morgan fingerprint density at radius 3 is 1.39 bits per heavy atom. The van der Waals surface area contributed by atoms with Gasteiger partial charge in [-0.2, -0.15) is 0 Å². The molecule has 0 aliphatic heterocycles. The Morgan fingerprint density at radius 2 is 0.974 bits per heavy atom. The van der Waals surface area contributed by atoms with Crippen LogP contribution in [-0.2, 0) is 48.1 Å². The molecule has 4 rings (SSSR count). The van der Waals surface area contributed by atoms with Crippen molar-refractivity contribution in [3.8, 4) is 0 Å². The Hall–Kier alpha value is -4.06. The number of unbranched alkanes of at least 4 members (excludes halogenated alkanes) is 6. The Labute approximate surface area is 458 Å². The molecule has 4 fully saturated rings. The third-order valence-corrected chi connectivity index (χ3v) is 16.4. The molecular weight excluding hydrogens is 987 g/mol. The summed E-state index contributed by atoms with van der Waals surface area (Å²) in [6.07, 6.45) is 19.8. The van der Waals surface area contributed by atoms with Gasteiger partial charge in [-0.15, -0.1) is 0 Å². The van der Waals surface area contributed by atoms with Gasteiger partial charge in [-0.05, 0) is 152 Å². The van der Waals surface area contributed by atoms with Gasteiger partial charge >= 0.3 is 0 Å². The molecule has 4 aliphatic carbocycles. The predicted molar refractivity (Wildman–Crippen MR) is 300 cm³/mol. The van der Waals surface area contributed by atoms with Crippen LogP contribution < -0.4 is 37.2 Å². The zero-order valence-corrected chi connectivity index (χ0v) is 49.5. The zero-order chi connectivity index (χ0) is 56.6. The first-order valence-corrected chi connectivity index (χ1v) is 31.2. The van der Waals surface area contributed by atoms with Crippen LogP contribution in [0.3, 0.4) is 0 Å². The number of nitrogens with one attached hydrogen (secondary N) is 7. The van der Waals surface area contributed by atoms with Crippen LogP contribution >= 0.6 is 0 Å². The number of carbonyl (C=O) groups excluding carboxylic acids is 7. The van der Waals surface area contributed by atoms with E-state index < -0.39 is 63.4 Å². The Balaban J connectivity index is 1.33. The van der Waals surface area contributed by atoms with Crippen LogP contribution in [0.5, 0.6) is 0 Å². The Kier molecular flexibility index (Phi) is 28.5. The van der Waals surface area contributed by atoms with Crippen LogP contribution in [-0.4, -0.2) is 112 Å². The fraction of sp³-hybridized carbons (Fsp3) is 0.845. The molecule has 4 saturated carbocycles. The topological polar surface area (TPSA) is 247 Å². The maximum Gasteiger partial charge on any atom is 0.245 e. The van der Waals surface area contributed by atoms with E-state index in [1.807, 2.05) is 62.3 Å². The molecule has 0 spiro atoms. The van der Waals surface area contributed by atoms with Gasteiger partial charge in [0.2, 0.25) is 41.4 Å². The molecule has 0 heterocycles. The predicted octanol–water partition coefficient (Wildman–Crippen LogP) is 7.46. The SMILES string of the molecule is CC[C@H](C)[C@H](NC(=O)CCCCCNC(=O)CCCCCNC(=O)CCCCCNC(=O)CC12CC3CC(CC(C3)C1)C2)C(=O)N[C@H](C(=O)N[C@H](C(=O)N[C@H](/C=C/S(C)(=O)=O)CC(C)C)[C@@H](C)OC(C)(C)C)[C@@H](C)CC. The van der Waals surface area contributed by atoms with Crippen molar-refractivity contribution < 1.29 is 46.7 Å². The maximum atomic E-state index is 14.2. The van der Waals surface area contributed by atoms with Gasteiger partial charge in [0.15, 0.2) is 9.84 Å². The number of hydrogen-bond donors (Lipinski definition) is 7. The quantitative estimate of drug-likeness (QED) is 0.0303. The average molecular weight is 1090 g/mol. The highest BCUT2D eigenvalue weighted by atomic mass is 32.2. The lowest BCUT2D eigenvalue weighted by Gasteiger charge is -2.56. The Morgan fingerprint density at radius 1 is 0.566 bits per heavy atom. The van der Waals surface area contributed by atoms with E-state index in [2.05, 4.69) is 37.2 Å². The highest BCUT2D eigenvalue weighted by Gasteiger charge is 2.51. The molecule has 0 aromatic carbocycles. The van der Waals surface area contributed by atoms with E-state index in [9.17, 15) is 42.0 Å². The molecule has 0 aromatic heterocycles. The summed E-state index contributed by atoms with van der Waals surface area (Å²) in [7, 11) is -3.47. The summed E-state index contributed by atoms with van der Waals surface area (Å²) in [4.78, 5) is 92.9. The van der Waals surface area contributed by atoms with Crippen LogP contribution in [0, 0.1) is 40.9 Å². The second kappa shape index (κ2) is 32.7. The second-order valence-corrected chi connectivity index (χ2v) is 26.6. The lowest BCUT2D eigenvalue weighted by molar-refractivity contribution is -0.140. The van der Waals surface area contributed by atoms with Gasteiger partial charge in [0.1, 0.15) is 18.1 Å². The summed E-state index contributed by atoms with van der Waals surface area (Å²) in [6, 6.07) is -3.82.